The molecule has 3 rings (SSSR count). The lowest BCUT2D eigenvalue weighted by Gasteiger charge is -2.43. The molecule has 134 valence electrons. The molecular weight excluding hydrogens is 290 g/mol. The van der Waals surface area contributed by atoms with Gasteiger partial charge in [0.2, 0.25) is 0 Å². The van der Waals surface area contributed by atoms with E-state index in [1.165, 1.54) is 62.6 Å². The first-order chi connectivity index (χ1) is 11.4. The summed E-state index contributed by atoms with van der Waals surface area (Å²) < 4.78 is 0. The summed E-state index contributed by atoms with van der Waals surface area (Å²) in [7, 11) is 0. The maximum atomic E-state index is 3.86. The third kappa shape index (κ3) is 4.42. The number of benzene rings is 1. The molecule has 1 saturated carbocycles. The summed E-state index contributed by atoms with van der Waals surface area (Å²) >= 11 is 0. The molecular formula is C23H37N. The maximum Gasteiger partial charge on any atom is 0.0101 e. The van der Waals surface area contributed by atoms with E-state index in [4.69, 9.17) is 0 Å². The summed E-state index contributed by atoms with van der Waals surface area (Å²) in [4.78, 5) is 0. The van der Waals surface area contributed by atoms with Gasteiger partial charge in [-0.05, 0) is 66.5 Å². The van der Waals surface area contributed by atoms with Crippen LogP contribution in [0.3, 0.4) is 0 Å². The van der Waals surface area contributed by atoms with Crippen molar-refractivity contribution in [3.05, 3.63) is 35.4 Å². The number of piperidine rings is 1. The Morgan fingerprint density at radius 1 is 1.04 bits per heavy atom. The molecule has 1 nitrogen and oxygen atoms in total. The molecule has 2 aliphatic rings. The van der Waals surface area contributed by atoms with Crippen molar-refractivity contribution in [3.63, 3.8) is 0 Å². The molecule has 1 saturated heterocycles. The molecule has 4 unspecified atom stereocenters. The van der Waals surface area contributed by atoms with Gasteiger partial charge in [-0.2, -0.15) is 0 Å². The van der Waals surface area contributed by atoms with Crippen LogP contribution in [0.1, 0.15) is 77.3 Å². The lowest BCUT2D eigenvalue weighted by atomic mass is 9.70. The summed E-state index contributed by atoms with van der Waals surface area (Å²) in [5.41, 5.74) is 3.20. The van der Waals surface area contributed by atoms with E-state index in [1.54, 1.807) is 0 Å². The van der Waals surface area contributed by atoms with E-state index in [9.17, 15) is 0 Å². The van der Waals surface area contributed by atoms with Crippen molar-refractivity contribution >= 4 is 0 Å². The van der Waals surface area contributed by atoms with E-state index in [1.807, 2.05) is 0 Å². The van der Waals surface area contributed by atoms with Crippen molar-refractivity contribution in [2.45, 2.75) is 84.1 Å². The fourth-order valence-corrected chi connectivity index (χ4v) is 5.05. The van der Waals surface area contributed by atoms with Crippen LogP contribution in [-0.4, -0.2) is 12.6 Å². The number of rotatable bonds is 4. The lowest BCUT2D eigenvalue weighted by Crippen LogP contribution is -2.48. The molecule has 1 heterocycles. The molecule has 0 amide bonds. The van der Waals surface area contributed by atoms with Crippen LogP contribution in [0, 0.1) is 17.8 Å². The summed E-state index contributed by atoms with van der Waals surface area (Å²) in [6, 6.07) is 10.1. The highest BCUT2D eigenvalue weighted by Gasteiger charge is 2.35. The lowest BCUT2D eigenvalue weighted by molar-refractivity contribution is 0.119. The monoisotopic (exact) mass is 327 g/mol. The molecule has 1 aromatic rings. The Hall–Kier alpha value is -0.820. The predicted octanol–water partition coefficient (Wildman–Crippen LogP) is 5.72. The molecule has 1 heteroatoms. The van der Waals surface area contributed by atoms with Crippen LogP contribution in [0.4, 0.5) is 0 Å². The van der Waals surface area contributed by atoms with Crippen molar-refractivity contribution in [1.82, 2.24) is 5.32 Å². The van der Waals surface area contributed by atoms with Crippen molar-refractivity contribution in [2.24, 2.45) is 17.8 Å². The molecule has 1 aromatic carbocycles. The van der Waals surface area contributed by atoms with Crippen LogP contribution >= 0.6 is 0 Å². The Morgan fingerprint density at radius 3 is 2.46 bits per heavy atom. The van der Waals surface area contributed by atoms with E-state index >= 15 is 0 Å². The molecule has 1 aliphatic carbocycles. The summed E-state index contributed by atoms with van der Waals surface area (Å²) in [6.07, 6.45) is 9.89. The molecule has 1 N–H and O–H groups in total. The molecule has 0 aromatic heterocycles. The number of fused-ring (bicyclic) bond motifs is 1. The highest BCUT2D eigenvalue weighted by molar-refractivity contribution is 5.27. The van der Waals surface area contributed by atoms with Gasteiger partial charge in [-0.15, -0.1) is 0 Å². The van der Waals surface area contributed by atoms with Gasteiger partial charge in [0.1, 0.15) is 0 Å². The third-order valence-corrected chi connectivity index (χ3v) is 6.47. The van der Waals surface area contributed by atoms with Gasteiger partial charge in [0, 0.05) is 6.04 Å². The molecule has 0 spiro atoms. The van der Waals surface area contributed by atoms with Gasteiger partial charge in [0.15, 0.2) is 0 Å². The first-order valence-corrected chi connectivity index (χ1v) is 10.3. The highest BCUT2D eigenvalue weighted by atomic mass is 14.9. The van der Waals surface area contributed by atoms with Crippen LogP contribution in [0.2, 0.25) is 0 Å². The average Bonchev–Trinajstić information content (AvgIpc) is 2.55. The fraction of sp³-hybridized carbons (Fsp3) is 0.739. The van der Waals surface area contributed by atoms with E-state index in [0.717, 1.165) is 23.8 Å². The molecule has 4 atom stereocenters. The fourth-order valence-electron chi connectivity index (χ4n) is 5.05. The number of hydrogen-bond acceptors (Lipinski definition) is 1. The van der Waals surface area contributed by atoms with E-state index in [-0.39, 0.29) is 5.41 Å². The van der Waals surface area contributed by atoms with Crippen molar-refractivity contribution < 1.29 is 0 Å². The normalized spacial score (nSPS) is 29.1. The predicted molar refractivity (Wildman–Crippen MR) is 104 cm³/mol. The molecule has 0 bridgehead atoms. The first kappa shape index (κ1) is 18.0. The first-order valence-electron chi connectivity index (χ1n) is 10.3. The zero-order valence-electron chi connectivity index (χ0n) is 16.3. The van der Waals surface area contributed by atoms with Gasteiger partial charge in [0.25, 0.3) is 0 Å². The number of hydrogen-bond donors (Lipinski definition) is 1. The zero-order valence-corrected chi connectivity index (χ0v) is 16.3. The largest absolute Gasteiger partial charge is 0.314 e. The average molecular weight is 328 g/mol. The van der Waals surface area contributed by atoms with Crippen LogP contribution in [0.15, 0.2) is 24.3 Å². The van der Waals surface area contributed by atoms with Gasteiger partial charge in [-0.3, -0.25) is 0 Å². The van der Waals surface area contributed by atoms with Gasteiger partial charge >= 0.3 is 0 Å². The van der Waals surface area contributed by atoms with Crippen molar-refractivity contribution in [1.29, 1.82) is 0 Å². The minimum atomic E-state index is 0.256. The van der Waals surface area contributed by atoms with Crippen LogP contribution < -0.4 is 5.32 Å². The maximum absolute atomic E-state index is 3.86. The number of nitrogens with one attached hydrogen (secondary N) is 1. The topological polar surface area (TPSA) is 12.0 Å². The van der Waals surface area contributed by atoms with Crippen LogP contribution in [-0.2, 0) is 11.8 Å². The van der Waals surface area contributed by atoms with Crippen molar-refractivity contribution in [3.8, 4) is 0 Å². The smallest absolute Gasteiger partial charge is 0.0101 e. The van der Waals surface area contributed by atoms with Crippen molar-refractivity contribution in [2.75, 3.05) is 6.54 Å². The Morgan fingerprint density at radius 2 is 1.75 bits per heavy atom. The second kappa shape index (κ2) is 7.60. The third-order valence-electron chi connectivity index (χ3n) is 6.47. The van der Waals surface area contributed by atoms with Gasteiger partial charge in [0.05, 0.1) is 0 Å². The zero-order chi connectivity index (χ0) is 17.2. The van der Waals surface area contributed by atoms with Crippen LogP contribution in [0.5, 0.6) is 0 Å². The Labute approximate surface area is 149 Å². The minimum Gasteiger partial charge on any atom is -0.314 e. The van der Waals surface area contributed by atoms with E-state index < -0.39 is 0 Å². The summed E-state index contributed by atoms with van der Waals surface area (Å²) in [5, 5.41) is 3.86. The Bertz CT molecular complexity index is 508. The second-order valence-electron chi connectivity index (χ2n) is 9.55. The molecule has 2 fully saturated rings. The second-order valence-corrected chi connectivity index (χ2v) is 9.55. The quantitative estimate of drug-likeness (QED) is 0.745. The summed E-state index contributed by atoms with van der Waals surface area (Å²) in [5.74, 6) is 2.74. The molecule has 1 aliphatic heterocycles. The molecule has 24 heavy (non-hydrogen) atoms. The van der Waals surface area contributed by atoms with Gasteiger partial charge in [-0.1, -0.05) is 71.2 Å². The van der Waals surface area contributed by atoms with E-state index in [2.05, 4.69) is 57.3 Å². The molecule has 0 radical (unpaired) electrons. The van der Waals surface area contributed by atoms with Crippen LogP contribution in [0.25, 0.3) is 0 Å². The van der Waals surface area contributed by atoms with Gasteiger partial charge < -0.3 is 5.32 Å². The Kier molecular flexibility index (Phi) is 5.70. The standard InChI is InChI=1S/C23H37N/c1-17(15-18-9-11-20(12-10-18)23(2,3)4)16-22-21-8-6-5-7-19(21)13-14-24-22/h9-12,17,19,21-22,24H,5-8,13-16H2,1-4H3. The Balaban J connectivity index is 1.56. The minimum absolute atomic E-state index is 0.256. The van der Waals surface area contributed by atoms with Gasteiger partial charge in [-0.25, -0.2) is 0 Å². The highest BCUT2D eigenvalue weighted by Crippen LogP contribution is 2.38. The SMILES string of the molecule is CC(Cc1ccc(C(C)(C)C)cc1)CC1NCCC2CCCCC21. The summed E-state index contributed by atoms with van der Waals surface area (Å²) in [6.45, 7) is 10.6. The van der Waals surface area contributed by atoms with E-state index in [0.29, 0.717) is 0 Å².